The van der Waals surface area contributed by atoms with Crippen molar-refractivity contribution in [1.82, 2.24) is 14.5 Å². The number of anilines is 1. The smallest absolute Gasteiger partial charge is 0.0956 e. The summed E-state index contributed by atoms with van der Waals surface area (Å²) in [7, 11) is 0. The van der Waals surface area contributed by atoms with E-state index in [1.165, 1.54) is 48.3 Å². The number of rotatable bonds is 11. The molecule has 186 valence electrons. The Morgan fingerprint density at radius 2 is 1.47 bits per heavy atom. The van der Waals surface area contributed by atoms with Crippen LogP contribution in [0.4, 0.5) is 5.69 Å². The van der Waals surface area contributed by atoms with Gasteiger partial charge in [0.05, 0.1) is 18.5 Å². The zero-order valence-electron chi connectivity index (χ0n) is 21.5. The maximum Gasteiger partial charge on any atom is 0.0956 e. The first-order valence-corrected chi connectivity index (χ1v) is 13.5. The monoisotopic (exact) mass is 478 g/mol. The van der Waals surface area contributed by atoms with Gasteiger partial charge in [-0.1, -0.05) is 86.1 Å². The summed E-state index contributed by atoms with van der Waals surface area (Å²) in [6.07, 6.45) is 11.7. The molecule has 0 saturated carbocycles. The third-order valence-electron chi connectivity index (χ3n) is 7.58. The lowest BCUT2D eigenvalue weighted by atomic mass is 9.76. The largest absolute Gasteiger partial charge is 0.372 e. The molecular weight excluding hydrogens is 440 g/mol. The van der Waals surface area contributed by atoms with Crippen LogP contribution in [0.2, 0.25) is 0 Å². The van der Waals surface area contributed by atoms with Crippen LogP contribution in [-0.2, 0) is 18.6 Å². The molecule has 1 fully saturated rings. The molecule has 5 rings (SSSR count). The zero-order chi connectivity index (χ0) is 24.6. The van der Waals surface area contributed by atoms with Crippen LogP contribution in [0.25, 0.3) is 0 Å². The highest BCUT2D eigenvalue weighted by molar-refractivity contribution is 5.49. The first-order chi connectivity index (χ1) is 17.8. The molecule has 1 aliphatic rings. The summed E-state index contributed by atoms with van der Waals surface area (Å²) in [6, 6.07) is 31.5. The van der Waals surface area contributed by atoms with Gasteiger partial charge in [-0.25, -0.2) is 4.98 Å². The number of hydrogen-bond donors (Lipinski definition) is 0. The number of hydrogen-bond acceptors (Lipinski definition) is 3. The Hall–Kier alpha value is -3.37. The molecule has 0 unspecified atom stereocenters. The minimum Gasteiger partial charge on any atom is -0.372 e. The highest BCUT2D eigenvalue weighted by atomic mass is 15.3. The van der Waals surface area contributed by atoms with Gasteiger partial charge in [-0.2, -0.15) is 0 Å². The van der Waals surface area contributed by atoms with E-state index in [4.69, 9.17) is 0 Å². The van der Waals surface area contributed by atoms with E-state index < -0.39 is 0 Å². The zero-order valence-corrected chi connectivity index (χ0v) is 21.5. The van der Waals surface area contributed by atoms with Crippen LogP contribution in [0.1, 0.15) is 49.3 Å². The number of aromatic nitrogens is 2. The van der Waals surface area contributed by atoms with E-state index in [9.17, 15) is 0 Å². The van der Waals surface area contributed by atoms with Crippen molar-refractivity contribution >= 4 is 5.69 Å². The van der Waals surface area contributed by atoms with Crippen LogP contribution in [0.15, 0.2) is 104 Å². The van der Waals surface area contributed by atoms with Gasteiger partial charge in [0, 0.05) is 37.7 Å². The summed E-state index contributed by atoms with van der Waals surface area (Å²) in [4.78, 5) is 9.52. The molecule has 0 bridgehead atoms. The van der Waals surface area contributed by atoms with Crippen molar-refractivity contribution in [2.24, 2.45) is 0 Å². The molecular formula is C32H38N4. The highest BCUT2D eigenvalue weighted by Crippen LogP contribution is 2.40. The summed E-state index contributed by atoms with van der Waals surface area (Å²) < 4.78 is 2.20. The second-order valence-corrected chi connectivity index (χ2v) is 9.97. The molecule has 1 aliphatic heterocycles. The lowest BCUT2D eigenvalue weighted by Crippen LogP contribution is -2.49. The molecule has 2 heterocycles. The molecule has 0 aliphatic carbocycles. The summed E-state index contributed by atoms with van der Waals surface area (Å²) in [5.74, 6) is 0. The van der Waals surface area contributed by atoms with Gasteiger partial charge in [0.1, 0.15) is 0 Å². The fourth-order valence-corrected chi connectivity index (χ4v) is 5.67. The normalized spacial score (nSPS) is 14.0. The van der Waals surface area contributed by atoms with Crippen molar-refractivity contribution in [1.29, 1.82) is 0 Å². The summed E-state index contributed by atoms with van der Waals surface area (Å²) in [5, 5.41) is 0. The van der Waals surface area contributed by atoms with Crippen molar-refractivity contribution in [3.05, 3.63) is 120 Å². The molecule has 3 aromatic carbocycles. The van der Waals surface area contributed by atoms with Gasteiger partial charge in [-0.3, -0.25) is 4.90 Å². The average molecular weight is 479 g/mol. The van der Waals surface area contributed by atoms with Crippen molar-refractivity contribution in [3.8, 4) is 0 Å². The number of unbranched alkanes of at least 4 members (excludes halogenated alkanes) is 1. The Morgan fingerprint density at radius 1 is 0.833 bits per heavy atom. The molecule has 1 aromatic heterocycles. The van der Waals surface area contributed by atoms with Gasteiger partial charge in [0.15, 0.2) is 0 Å². The third kappa shape index (κ3) is 5.24. The number of benzene rings is 3. The molecule has 4 aromatic rings. The minimum absolute atomic E-state index is 0.308. The van der Waals surface area contributed by atoms with Crippen molar-refractivity contribution in [2.75, 3.05) is 24.5 Å². The van der Waals surface area contributed by atoms with E-state index >= 15 is 0 Å². The van der Waals surface area contributed by atoms with Crippen LogP contribution in [-0.4, -0.2) is 34.1 Å². The predicted octanol–water partition coefficient (Wildman–Crippen LogP) is 6.73. The molecule has 0 amide bonds. The topological polar surface area (TPSA) is 24.3 Å². The maximum atomic E-state index is 4.35. The Balaban J connectivity index is 1.61. The molecule has 4 heteroatoms. The van der Waals surface area contributed by atoms with E-state index in [0.29, 0.717) is 0 Å². The Morgan fingerprint density at radius 3 is 2.03 bits per heavy atom. The van der Waals surface area contributed by atoms with Crippen LogP contribution >= 0.6 is 0 Å². The second-order valence-electron chi connectivity index (χ2n) is 9.97. The predicted molar refractivity (Wildman–Crippen MR) is 149 cm³/mol. The summed E-state index contributed by atoms with van der Waals surface area (Å²) in [5.41, 5.74) is 5.06. The minimum atomic E-state index is -0.308. The number of imidazole rings is 1. The van der Waals surface area contributed by atoms with E-state index in [0.717, 1.165) is 32.5 Å². The fourth-order valence-electron chi connectivity index (χ4n) is 5.67. The van der Waals surface area contributed by atoms with E-state index in [1.54, 1.807) is 0 Å². The maximum absolute atomic E-state index is 4.35. The molecule has 36 heavy (non-hydrogen) atoms. The summed E-state index contributed by atoms with van der Waals surface area (Å²) in [6.45, 7) is 6.42. The Kier molecular flexibility index (Phi) is 7.82. The van der Waals surface area contributed by atoms with E-state index in [1.807, 2.05) is 12.5 Å². The second kappa shape index (κ2) is 11.6. The lowest BCUT2D eigenvalue weighted by Gasteiger charge is -2.46. The van der Waals surface area contributed by atoms with Crippen LogP contribution in [0.3, 0.4) is 0 Å². The standard InChI is InChI=1S/C32H38N4/c1-2-3-23-36(27-34-24-20-33-26-34)32(29-12-6-4-7-13-29,30-14-8-5-9-15-30)25-28-16-18-31(19-17-28)35-21-10-11-22-35/h4-9,12-20,24,26H,2-3,10-11,21-23,25,27H2,1H3. The van der Waals surface area contributed by atoms with Crippen molar-refractivity contribution < 1.29 is 0 Å². The number of nitrogens with zero attached hydrogens (tertiary/aromatic N) is 4. The average Bonchev–Trinajstić information content (AvgIpc) is 3.66. The van der Waals surface area contributed by atoms with Crippen LogP contribution in [0, 0.1) is 0 Å². The van der Waals surface area contributed by atoms with Gasteiger partial charge in [-0.15, -0.1) is 0 Å². The first kappa shape index (κ1) is 24.3. The van der Waals surface area contributed by atoms with Gasteiger partial charge < -0.3 is 9.47 Å². The first-order valence-electron chi connectivity index (χ1n) is 13.5. The molecule has 0 N–H and O–H groups in total. The molecule has 4 nitrogen and oxygen atoms in total. The molecule has 0 atom stereocenters. The lowest BCUT2D eigenvalue weighted by molar-refractivity contribution is 0.0814. The van der Waals surface area contributed by atoms with Gasteiger partial charge >= 0.3 is 0 Å². The Labute approximate surface area is 216 Å². The van der Waals surface area contributed by atoms with Gasteiger partial charge in [0.2, 0.25) is 0 Å². The van der Waals surface area contributed by atoms with E-state index in [-0.39, 0.29) is 5.54 Å². The Bertz CT molecular complexity index is 1120. The van der Waals surface area contributed by atoms with Crippen LogP contribution < -0.4 is 4.90 Å². The SMILES string of the molecule is CCCCN(Cn1ccnc1)C(Cc1ccc(N2CCCC2)cc1)(c1ccccc1)c1ccccc1. The van der Waals surface area contributed by atoms with Crippen LogP contribution in [0.5, 0.6) is 0 Å². The molecule has 0 radical (unpaired) electrons. The quantitative estimate of drug-likeness (QED) is 0.239. The molecule has 0 spiro atoms. The van der Waals surface area contributed by atoms with Crippen molar-refractivity contribution in [2.45, 2.75) is 51.2 Å². The van der Waals surface area contributed by atoms with Gasteiger partial charge in [0.25, 0.3) is 0 Å². The third-order valence-corrected chi connectivity index (χ3v) is 7.58. The van der Waals surface area contributed by atoms with Gasteiger partial charge in [-0.05, 0) is 54.5 Å². The van der Waals surface area contributed by atoms with Crippen molar-refractivity contribution in [3.63, 3.8) is 0 Å². The molecule has 1 saturated heterocycles. The van der Waals surface area contributed by atoms with E-state index in [2.05, 4.69) is 117 Å². The summed E-state index contributed by atoms with van der Waals surface area (Å²) >= 11 is 0. The highest BCUT2D eigenvalue weighted by Gasteiger charge is 2.40. The fraction of sp³-hybridized carbons (Fsp3) is 0.344.